The first-order valence-electron chi connectivity index (χ1n) is 8.76. The fourth-order valence-corrected chi connectivity index (χ4v) is 4.70. The van der Waals surface area contributed by atoms with Crippen LogP contribution in [0.15, 0.2) is 58.8 Å². The summed E-state index contributed by atoms with van der Waals surface area (Å²) in [7, 11) is -2.58. The van der Waals surface area contributed by atoms with Gasteiger partial charge in [-0.05, 0) is 25.1 Å². The van der Waals surface area contributed by atoms with Gasteiger partial charge in [-0.1, -0.05) is 41.9 Å². The molecule has 7 nitrogen and oxygen atoms in total. The van der Waals surface area contributed by atoms with Gasteiger partial charge in [0.05, 0.1) is 17.1 Å². The largest absolute Gasteiger partial charge is 0.301 e. The molecule has 30 heavy (non-hydrogen) atoms. The highest BCUT2D eigenvalue weighted by Gasteiger charge is 2.23. The van der Waals surface area contributed by atoms with E-state index in [1.807, 2.05) is 18.2 Å². The van der Waals surface area contributed by atoms with Crippen molar-refractivity contribution in [3.63, 3.8) is 0 Å². The van der Waals surface area contributed by atoms with Gasteiger partial charge in [0.25, 0.3) is 0 Å². The first-order chi connectivity index (χ1) is 14.2. The molecule has 0 atom stereocenters. The van der Waals surface area contributed by atoms with Crippen molar-refractivity contribution in [3.05, 3.63) is 64.5 Å². The number of Topliss-reactive ketones (excluding diaryl/α,β-unsaturated/α-hetero) is 1. The number of carbonyl (C=O) groups is 2. The topological polar surface area (TPSA) is 96.4 Å². The van der Waals surface area contributed by atoms with Crippen LogP contribution in [0.2, 0.25) is 5.02 Å². The molecule has 156 valence electrons. The van der Waals surface area contributed by atoms with Crippen LogP contribution in [0.5, 0.6) is 0 Å². The Labute approximate surface area is 183 Å². The van der Waals surface area contributed by atoms with Gasteiger partial charge >= 0.3 is 0 Å². The van der Waals surface area contributed by atoms with Gasteiger partial charge in [-0.3, -0.25) is 9.59 Å². The maximum Gasteiger partial charge on any atom is 0.243 e. The van der Waals surface area contributed by atoms with Gasteiger partial charge in [0.15, 0.2) is 10.9 Å². The maximum absolute atomic E-state index is 12.7. The Morgan fingerprint density at radius 1 is 1.13 bits per heavy atom. The van der Waals surface area contributed by atoms with Gasteiger partial charge in [0.1, 0.15) is 0 Å². The van der Waals surface area contributed by atoms with Gasteiger partial charge in [-0.2, -0.15) is 4.31 Å². The van der Waals surface area contributed by atoms with Crippen LogP contribution in [-0.4, -0.2) is 43.0 Å². The summed E-state index contributed by atoms with van der Waals surface area (Å²) < 4.78 is 26.3. The normalized spacial score (nSPS) is 11.5. The van der Waals surface area contributed by atoms with Crippen LogP contribution in [0, 0.1) is 0 Å². The predicted molar refractivity (Wildman–Crippen MR) is 117 cm³/mol. The number of nitrogens with zero attached hydrogens (tertiary/aromatic N) is 2. The van der Waals surface area contributed by atoms with E-state index in [1.165, 1.54) is 49.6 Å². The molecule has 0 saturated carbocycles. The third kappa shape index (κ3) is 4.93. The predicted octanol–water partition coefficient (Wildman–Crippen LogP) is 3.93. The number of thiazole rings is 1. The van der Waals surface area contributed by atoms with Crippen molar-refractivity contribution in [2.24, 2.45) is 0 Å². The fraction of sp³-hybridized carbons (Fsp3) is 0.150. The van der Waals surface area contributed by atoms with Gasteiger partial charge in [-0.25, -0.2) is 13.4 Å². The number of hydrogen-bond acceptors (Lipinski definition) is 6. The monoisotopic (exact) mass is 463 g/mol. The molecule has 0 fully saturated rings. The van der Waals surface area contributed by atoms with E-state index in [2.05, 4.69) is 10.3 Å². The lowest BCUT2D eigenvalue weighted by molar-refractivity contribution is -0.116. The molecule has 0 radical (unpaired) electrons. The van der Waals surface area contributed by atoms with Gasteiger partial charge in [0.2, 0.25) is 15.9 Å². The number of likely N-dealkylation sites (N-methyl/N-ethyl adjacent to an activating group) is 1. The zero-order chi connectivity index (χ0) is 21.9. The molecule has 0 aliphatic heterocycles. The average molecular weight is 464 g/mol. The maximum atomic E-state index is 12.7. The molecule has 3 aromatic rings. The van der Waals surface area contributed by atoms with Crippen LogP contribution in [0.4, 0.5) is 5.13 Å². The van der Waals surface area contributed by atoms with Crippen molar-refractivity contribution >= 4 is 49.8 Å². The highest BCUT2D eigenvalue weighted by Crippen LogP contribution is 2.30. The van der Waals surface area contributed by atoms with E-state index in [-0.39, 0.29) is 10.7 Å². The molecule has 0 saturated heterocycles. The summed E-state index contributed by atoms with van der Waals surface area (Å²) in [6.07, 6.45) is 0. The number of rotatable bonds is 7. The minimum atomic E-state index is -3.89. The molecule has 3 rings (SSSR count). The number of sulfonamides is 1. The Hall–Kier alpha value is -2.59. The van der Waals surface area contributed by atoms with E-state index in [1.54, 1.807) is 11.4 Å². The average Bonchev–Trinajstić information content (AvgIpc) is 3.16. The number of ketones is 1. The number of anilines is 1. The van der Waals surface area contributed by atoms with Gasteiger partial charge in [-0.15, -0.1) is 11.3 Å². The standard InChI is InChI=1S/C20H18ClN3O4S2/c1-13(25)14-7-9-15(10-8-14)30(27,28)24(2)11-19(26)23-20-22-18(12-29-20)16-5-3-4-6-17(16)21/h3-10,12H,11H2,1-2H3,(H,22,23,26). The lowest BCUT2D eigenvalue weighted by atomic mass is 10.2. The molecule has 0 aliphatic rings. The van der Waals surface area contributed by atoms with E-state index in [0.29, 0.717) is 21.4 Å². The smallest absolute Gasteiger partial charge is 0.243 e. The van der Waals surface area contributed by atoms with Crippen LogP contribution >= 0.6 is 22.9 Å². The molecule has 1 N–H and O–H groups in total. The molecule has 0 spiro atoms. The summed E-state index contributed by atoms with van der Waals surface area (Å²) in [4.78, 5) is 28.0. The number of aromatic nitrogens is 1. The van der Waals surface area contributed by atoms with E-state index in [4.69, 9.17) is 11.6 Å². The Kier molecular flexibility index (Phi) is 6.67. The lowest BCUT2D eigenvalue weighted by Gasteiger charge is -2.16. The lowest BCUT2D eigenvalue weighted by Crippen LogP contribution is -2.34. The number of amides is 1. The number of halogens is 1. The second kappa shape index (κ2) is 9.05. The second-order valence-corrected chi connectivity index (χ2v) is 9.72. The van der Waals surface area contributed by atoms with Gasteiger partial charge in [0, 0.05) is 28.6 Å². The molecule has 0 aliphatic carbocycles. The molecule has 0 unspecified atom stereocenters. The molecule has 10 heteroatoms. The first-order valence-corrected chi connectivity index (χ1v) is 11.5. The molecule has 1 aromatic heterocycles. The third-order valence-electron chi connectivity index (χ3n) is 4.24. The zero-order valence-electron chi connectivity index (χ0n) is 16.1. The molecule has 1 heterocycles. The molecule has 0 bridgehead atoms. The van der Waals surface area contributed by atoms with E-state index in [9.17, 15) is 18.0 Å². The summed E-state index contributed by atoms with van der Waals surface area (Å²) in [5.41, 5.74) is 1.77. The third-order valence-corrected chi connectivity index (χ3v) is 7.14. The number of nitrogens with one attached hydrogen (secondary N) is 1. The Morgan fingerprint density at radius 2 is 1.80 bits per heavy atom. The van der Waals surface area contributed by atoms with Crippen molar-refractivity contribution in [2.45, 2.75) is 11.8 Å². The SMILES string of the molecule is CC(=O)c1ccc(S(=O)(=O)N(C)CC(=O)Nc2nc(-c3ccccc3Cl)cs2)cc1. The minimum Gasteiger partial charge on any atom is -0.301 e. The van der Waals surface area contributed by atoms with Crippen molar-refractivity contribution in [1.29, 1.82) is 0 Å². The first kappa shape index (κ1) is 22.1. The van der Waals surface area contributed by atoms with Crippen LogP contribution in [-0.2, 0) is 14.8 Å². The Bertz CT molecular complexity index is 1190. The van der Waals surface area contributed by atoms with E-state index >= 15 is 0 Å². The number of hydrogen-bond donors (Lipinski definition) is 1. The van der Waals surface area contributed by atoms with Crippen molar-refractivity contribution in [3.8, 4) is 11.3 Å². The molecular formula is C20H18ClN3O4S2. The molecular weight excluding hydrogens is 446 g/mol. The highest BCUT2D eigenvalue weighted by atomic mass is 35.5. The highest BCUT2D eigenvalue weighted by molar-refractivity contribution is 7.89. The fourth-order valence-electron chi connectivity index (χ4n) is 2.61. The molecule has 1 amide bonds. The zero-order valence-corrected chi connectivity index (χ0v) is 18.5. The van der Waals surface area contributed by atoms with Gasteiger partial charge < -0.3 is 5.32 Å². The Balaban J connectivity index is 1.67. The van der Waals surface area contributed by atoms with Crippen molar-refractivity contribution in [2.75, 3.05) is 18.9 Å². The van der Waals surface area contributed by atoms with Crippen LogP contribution in [0.3, 0.4) is 0 Å². The number of carbonyl (C=O) groups excluding carboxylic acids is 2. The number of benzene rings is 2. The van der Waals surface area contributed by atoms with Crippen LogP contribution < -0.4 is 5.32 Å². The van der Waals surface area contributed by atoms with E-state index in [0.717, 1.165) is 9.87 Å². The van der Waals surface area contributed by atoms with Crippen LogP contribution in [0.25, 0.3) is 11.3 Å². The summed E-state index contributed by atoms with van der Waals surface area (Å²) >= 11 is 7.38. The quantitative estimate of drug-likeness (QED) is 0.535. The van der Waals surface area contributed by atoms with Crippen molar-refractivity contribution < 1.29 is 18.0 Å². The van der Waals surface area contributed by atoms with Crippen molar-refractivity contribution in [1.82, 2.24) is 9.29 Å². The molecule has 2 aromatic carbocycles. The summed E-state index contributed by atoms with van der Waals surface area (Å²) in [5, 5.41) is 5.25. The minimum absolute atomic E-state index is 0.00180. The van der Waals surface area contributed by atoms with Crippen LogP contribution in [0.1, 0.15) is 17.3 Å². The van der Waals surface area contributed by atoms with E-state index < -0.39 is 22.5 Å². The Morgan fingerprint density at radius 3 is 2.43 bits per heavy atom. The summed E-state index contributed by atoms with van der Waals surface area (Å²) in [5.74, 6) is -0.687. The summed E-state index contributed by atoms with van der Waals surface area (Å²) in [6, 6.07) is 12.8. The second-order valence-electron chi connectivity index (χ2n) is 6.41. The summed E-state index contributed by atoms with van der Waals surface area (Å²) in [6.45, 7) is 1.01.